The monoisotopic (exact) mass is 347 g/mol. The van der Waals surface area contributed by atoms with Crippen molar-refractivity contribution in [3.05, 3.63) is 66.9 Å². The van der Waals surface area contributed by atoms with E-state index in [1.54, 1.807) is 7.05 Å². The summed E-state index contributed by atoms with van der Waals surface area (Å²) in [5.74, 6) is 0. The van der Waals surface area contributed by atoms with Crippen LogP contribution in [0, 0.1) is 6.92 Å². The molecular formula is C15H14BrN3O2. The second-order valence-corrected chi connectivity index (χ2v) is 5.75. The van der Waals surface area contributed by atoms with Crippen molar-refractivity contribution in [2.45, 2.75) is 13.5 Å². The van der Waals surface area contributed by atoms with Gasteiger partial charge in [-0.25, -0.2) is 4.79 Å². The van der Waals surface area contributed by atoms with Gasteiger partial charge < -0.3 is 4.57 Å². The molecular weight excluding hydrogens is 334 g/mol. The van der Waals surface area contributed by atoms with E-state index in [-0.39, 0.29) is 5.56 Å². The largest absolute Gasteiger partial charge is 0.328 e. The average molecular weight is 348 g/mol. The van der Waals surface area contributed by atoms with Gasteiger partial charge in [-0.3, -0.25) is 14.3 Å². The van der Waals surface area contributed by atoms with Crippen molar-refractivity contribution < 1.29 is 0 Å². The summed E-state index contributed by atoms with van der Waals surface area (Å²) in [4.78, 5) is 26.3. The Morgan fingerprint density at radius 1 is 1.14 bits per heavy atom. The van der Waals surface area contributed by atoms with Crippen LogP contribution in [0.3, 0.4) is 0 Å². The van der Waals surface area contributed by atoms with Crippen LogP contribution in [-0.4, -0.2) is 14.1 Å². The molecule has 0 unspecified atom stereocenters. The van der Waals surface area contributed by atoms with Gasteiger partial charge in [-0.15, -0.1) is 0 Å². The predicted molar refractivity (Wildman–Crippen MR) is 85.8 cm³/mol. The van der Waals surface area contributed by atoms with Gasteiger partial charge in [0.15, 0.2) is 0 Å². The Bertz CT molecular complexity index is 935. The van der Waals surface area contributed by atoms with Crippen molar-refractivity contribution >= 4 is 27.0 Å². The molecule has 0 aliphatic rings. The van der Waals surface area contributed by atoms with Gasteiger partial charge in [0.05, 0.1) is 10.1 Å². The molecule has 0 aliphatic heterocycles. The van der Waals surface area contributed by atoms with E-state index >= 15 is 0 Å². The maximum absolute atomic E-state index is 12.2. The Morgan fingerprint density at radius 2 is 1.81 bits per heavy atom. The van der Waals surface area contributed by atoms with Gasteiger partial charge in [0.2, 0.25) is 0 Å². The number of halogens is 1. The maximum atomic E-state index is 12.2. The first-order chi connectivity index (χ1) is 10.0. The number of benzene rings is 1. The van der Waals surface area contributed by atoms with Crippen LogP contribution >= 0.6 is 15.9 Å². The van der Waals surface area contributed by atoms with E-state index < -0.39 is 5.69 Å². The zero-order chi connectivity index (χ0) is 15.1. The zero-order valence-electron chi connectivity index (χ0n) is 11.7. The fourth-order valence-corrected chi connectivity index (χ4v) is 3.09. The van der Waals surface area contributed by atoms with Gasteiger partial charge in [-0.05, 0) is 28.4 Å². The molecule has 6 heteroatoms. The van der Waals surface area contributed by atoms with Crippen LogP contribution in [0.25, 0.3) is 11.0 Å². The highest BCUT2D eigenvalue weighted by Crippen LogP contribution is 2.27. The normalized spacial score (nSPS) is 11.2. The van der Waals surface area contributed by atoms with Crippen LogP contribution in [0.1, 0.15) is 11.1 Å². The Hall–Kier alpha value is -2.08. The summed E-state index contributed by atoms with van der Waals surface area (Å²) in [6.45, 7) is 2.46. The zero-order valence-corrected chi connectivity index (χ0v) is 13.3. The van der Waals surface area contributed by atoms with Crippen molar-refractivity contribution in [1.82, 2.24) is 14.1 Å². The number of aromatic amines is 1. The van der Waals surface area contributed by atoms with E-state index in [0.717, 1.165) is 15.7 Å². The van der Waals surface area contributed by atoms with E-state index in [4.69, 9.17) is 0 Å². The Kier molecular flexibility index (Phi) is 3.33. The van der Waals surface area contributed by atoms with Crippen LogP contribution in [-0.2, 0) is 13.6 Å². The molecule has 0 bridgehead atoms. The minimum Gasteiger partial charge on any atom is -0.325 e. The van der Waals surface area contributed by atoms with E-state index in [0.29, 0.717) is 17.6 Å². The molecule has 1 aromatic carbocycles. The number of hydrogen-bond acceptors (Lipinski definition) is 2. The highest BCUT2D eigenvalue weighted by Gasteiger charge is 2.18. The van der Waals surface area contributed by atoms with Crippen molar-refractivity contribution in [2.24, 2.45) is 7.05 Å². The molecule has 0 spiro atoms. The van der Waals surface area contributed by atoms with Gasteiger partial charge in [-0.1, -0.05) is 30.3 Å². The topological polar surface area (TPSA) is 59.8 Å². The molecule has 21 heavy (non-hydrogen) atoms. The molecule has 0 amide bonds. The summed E-state index contributed by atoms with van der Waals surface area (Å²) in [6.07, 6.45) is 0. The molecule has 0 radical (unpaired) electrons. The molecule has 3 rings (SSSR count). The third-order valence-corrected chi connectivity index (χ3v) is 4.68. The number of rotatable bonds is 2. The van der Waals surface area contributed by atoms with E-state index in [1.165, 1.54) is 4.57 Å². The smallest absolute Gasteiger partial charge is 0.325 e. The minimum absolute atomic E-state index is 0.363. The lowest BCUT2D eigenvalue weighted by molar-refractivity contribution is 0.795. The molecule has 0 fully saturated rings. The number of nitrogens with zero attached hydrogens (tertiary/aromatic N) is 2. The minimum atomic E-state index is -0.403. The lowest BCUT2D eigenvalue weighted by atomic mass is 10.2. The molecule has 0 saturated heterocycles. The van der Waals surface area contributed by atoms with Crippen LogP contribution in [0.2, 0.25) is 0 Å². The summed E-state index contributed by atoms with van der Waals surface area (Å²) in [7, 11) is 1.66. The molecule has 0 atom stereocenters. The average Bonchev–Trinajstić information content (AvgIpc) is 2.72. The Morgan fingerprint density at radius 3 is 2.48 bits per heavy atom. The van der Waals surface area contributed by atoms with Gasteiger partial charge in [0, 0.05) is 19.2 Å². The van der Waals surface area contributed by atoms with Gasteiger partial charge in [-0.2, -0.15) is 0 Å². The summed E-state index contributed by atoms with van der Waals surface area (Å²) < 4.78 is 4.17. The van der Waals surface area contributed by atoms with Gasteiger partial charge >= 0.3 is 5.69 Å². The first kappa shape index (κ1) is 13.9. The molecule has 2 heterocycles. The van der Waals surface area contributed by atoms with Gasteiger partial charge in [0.1, 0.15) is 5.52 Å². The molecule has 2 aromatic heterocycles. The standard InChI is InChI=1S/C15H14BrN3O2/c1-9-11-12(14(20)17-15(21)18(11)2)19(13(9)16)8-10-6-4-3-5-7-10/h3-7H,8H2,1-2H3,(H,17,20,21). The molecule has 0 aliphatic carbocycles. The molecule has 108 valence electrons. The fraction of sp³-hybridized carbons (Fsp3) is 0.200. The van der Waals surface area contributed by atoms with Crippen LogP contribution in [0.5, 0.6) is 0 Å². The first-order valence-corrected chi connectivity index (χ1v) is 7.31. The van der Waals surface area contributed by atoms with E-state index in [9.17, 15) is 9.59 Å². The van der Waals surface area contributed by atoms with E-state index in [1.807, 2.05) is 41.8 Å². The van der Waals surface area contributed by atoms with Crippen LogP contribution < -0.4 is 11.2 Å². The van der Waals surface area contributed by atoms with Crippen molar-refractivity contribution in [1.29, 1.82) is 0 Å². The lowest BCUT2D eigenvalue weighted by Crippen LogP contribution is -2.29. The van der Waals surface area contributed by atoms with E-state index in [2.05, 4.69) is 20.9 Å². The number of H-pyrrole nitrogens is 1. The molecule has 5 nitrogen and oxygen atoms in total. The third kappa shape index (κ3) is 2.15. The first-order valence-electron chi connectivity index (χ1n) is 6.52. The van der Waals surface area contributed by atoms with Crippen LogP contribution in [0.4, 0.5) is 0 Å². The summed E-state index contributed by atoms with van der Waals surface area (Å²) >= 11 is 3.54. The second-order valence-electron chi connectivity index (χ2n) is 5.00. The highest BCUT2D eigenvalue weighted by atomic mass is 79.9. The Labute approximate surface area is 129 Å². The number of fused-ring (bicyclic) bond motifs is 1. The summed E-state index contributed by atoms with van der Waals surface area (Å²) in [5, 5.41) is 0. The number of hydrogen-bond donors (Lipinski definition) is 1. The summed E-state index contributed by atoms with van der Waals surface area (Å²) in [5.41, 5.74) is 2.37. The highest BCUT2D eigenvalue weighted by molar-refractivity contribution is 9.10. The molecule has 1 N–H and O–H groups in total. The Balaban J connectivity index is 2.34. The fourth-order valence-electron chi connectivity index (χ4n) is 2.60. The van der Waals surface area contributed by atoms with Crippen molar-refractivity contribution in [2.75, 3.05) is 0 Å². The SMILES string of the molecule is Cc1c(Br)n(Cc2ccccc2)c2c(=O)[nH]c(=O)n(C)c12. The summed E-state index contributed by atoms with van der Waals surface area (Å²) in [6, 6.07) is 9.88. The van der Waals surface area contributed by atoms with Gasteiger partial charge in [0.25, 0.3) is 5.56 Å². The number of nitrogens with one attached hydrogen (secondary N) is 1. The molecule has 0 saturated carbocycles. The molecule has 3 aromatic rings. The van der Waals surface area contributed by atoms with Crippen molar-refractivity contribution in [3.63, 3.8) is 0 Å². The lowest BCUT2D eigenvalue weighted by Gasteiger charge is -2.07. The number of aryl methyl sites for hydroxylation is 2. The maximum Gasteiger partial charge on any atom is 0.328 e. The quantitative estimate of drug-likeness (QED) is 0.772. The van der Waals surface area contributed by atoms with Crippen molar-refractivity contribution in [3.8, 4) is 0 Å². The van der Waals surface area contributed by atoms with Crippen LogP contribution in [0.15, 0.2) is 44.5 Å². The second kappa shape index (κ2) is 5.04. The predicted octanol–water partition coefficient (Wildman–Crippen LogP) is 2.15. The third-order valence-electron chi connectivity index (χ3n) is 3.65. The number of aromatic nitrogens is 3.